The number of nitrogens with one attached hydrogen (secondary N) is 1. The highest BCUT2D eigenvalue weighted by atomic mass is 16.6. The maximum Gasteiger partial charge on any atom is 0.411 e. The molecule has 202 valence electrons. The summed E-state index contributed by atoms with van der Waals surface area (Å²) in [7, 11) is 1.65. The molecule has 2 N–H and O–H groups in total. The molecule has 0 radical (unpaired) electrons. The second kappa shape index (κ2) is 11.0. The molecule has 0 bridgehead atoms. The highest BCUT2D eigenvalue weighted by Gasteiger charge is 2.58. The fourth-order valence-corrected chi connectivity index (χ4v) is 5.77. The molecule has 0 spiro atoms. The van der Waals surface area contributed by atoms with E-state index < -0.39 is 35.5 Å². The number of aliphatic carboxylic acids is 1. The third-order valence-corrected chi connectivity index (χ3v) is 7.28. The predicted octanol–water partition coefficient (Wildman–Crippen LogP) is 6.02. The SMILES string of the molecule is COc1cc2ccccc2cc1CN[C@H]1[C@H](C(C)(C)C)[C@@H](C(=O)O)N(C(=O)OC(C)C)[C@H]1c1ccccc1. The van der Waals surface area contributed by atoms with Crippen molar-refractivity contribution in [3.8, 4) is 5.75 Å². The van der Waals surface area contributed by atoms with E-state index in [0.29, 0.717) is 6.54 Å². The molecule has 7 heteroatoms. The van der Waals surface area contributed by atoms with Gasteiger partial charge in [-0.1, -0.05) is 75.4 Å². The van der Waals surface area contributed by atoms with E-state index >= 15 is 0 Å². The van der Waals surface area contributed by atoms with Crippen molar-refractivity contribution in [1.29, 1.82) is 0 Å². The Morgan fingerprint density at radius 3 is 2.16 bits per heavy atom. The monoisotopic (exact) mass is 518 g/mol. The van der Waals surface area contributed by atoms with E-state index in [1.807, 2.05) is 75.4 Å². The first-order chi connectivity index (χ1) is 18.0. The zero-order valence-electron chi connectivity index (χ0n) is 23.0. The first kappa shape index (κ1) is 27.5. The van der Waals surface area contributed by atoms with Gasteiger partial charge in [0.25, 0.3) is 0 Å². The number of fused-ring (bicyclic) bond motifs is 1. The van der Waals surface area contributed by atoms with E-state index in [9.17, 15) is 14.7 Å². The van der Waals surface area contributed by atoms with E-state index in [1.54, 1.807) is 21.0 Å². The van der Waals surface area contributed by atoms with Gasteiger partial charge in [-0.2, -0.15) is 0 Å². The van der Waals surface area contributed by atoms with Gasteiger partial charge >= 0.3 is 12.1 Å². The lowest BCUT2D eigenvalue weighted by atomic mass is 9.72. The lowest BCUT2D eigenvalue weighted by Crippen LogP contribution is -2.48. The molecule has 4 rings (SSSR count). The third kappa shape index (κ3) is 5.48. The molecular formula is C31H38N2O5. The molecule has 4 atom stereocenters. The number of carboxylic acid groups (broad SMARTS) is 1. The molecule has 38 heavy (non-hydrogen) atoms. The summed E-state index contributed by atoms with van der Waals surface area (Å²) < 4.78 is 11.3. The van der Waals surface area contributed by atoms with Crippen LogP contribution in [0.3, 0.4) is 0 Å². The van der Waals surface area contributed by atoms with E-state index in [2.05, 4.69) is 17.4 Å². The number of hydrogen-bond donors (Lipinski definition) is 2. The first-order valence-electron chi connectivity index (χ1n) is 13.1. The molecule has 0 aromatic heterocycles. The maximum absolute atomic E-state index is 13.5. The van der Waals surface area contributed by atoms with Crippen LogP contribution in [0.25, 0.3) is 10.8 Å². The standard InChI is InChI=1S/C31H38N2O5/c1-19(2)38-30(36)33-27(20-12-8-7-9-13-20)26(25(31(3,4)5)28(33)29(34)35)32-18-23-16-21-14-10-11-15-22(21)17-24(23)37-6/h7-17,19,25-28,32H,18H2,1-6H3,(H,34,35)/t25-,26-,27-,28-/m0/s1. The van der Waals surface area contributed by atoms with Crippen molar-refractivity contribution in [2.45, 2.75) is 65.4 Å². The molecule has 0 unspecified atom stereocenters. The van der Waals surface area contributed by atoms with Gasteiger partial charge in [-0.15, -0.1) is 0 Å². The smallest absolute Gasteiger partial charge is 0.411 e. The Kier molecular flexibility index (Phi) is 7.97. The second-order valence-corrected chi connectivity index (χ2v) is 11.3. The van der Waals surface area contributed by atoms with Crippen molar-refractivity contribution in [3.05, 3.63) is 77.9 Å². The van der Waals surface area contributed by atoms with Crippen LogP contribution in [0.5, 0.6) is 5.75 Å². The van der Waals surface area contributed by atoms with Crippen molar-refractivity contribution in [3.63, 3.8) is 0 Å². The van der Waals surface area contributed by atoms with Crippen LogP contribution in [0.15, 0.2) is 66.7 Å². The number of carboxylic acids is 1. The lowest BCUT2D eigenvalue weighted by molar-refractivity contribution is -0.144. The average Bonchev–Trinajstić information content (AvgIpc) is 3.23. The largest absolute Gasteiger partial charge is 0.496 e. The highest BCUT2D eigenvalue weighted by Crippen LogP contribution is 2.48. The lowest BCUT2D eigenvalue weighted by Gasteiger charge is -2.35. The summed E-state index contributed by atoms with van der Waals surface area (Å²) in [4.78, 5) is 27.7. The maximum atomic E-state index is 13.5. The van der Waals surface area contributed by atoms with Gasteiger partial charge in [0, 0.05) is 24.1 Å². The summed E-state index contributed by atoms with van der Waals surface area (Å²) in [5, 5.41) is 16.3. The Balaban J connectivity index is 1.81. The van der Waals surface area contributed by atoms with Gasteiger partial charge in [0.05, 0.1) is 19.3 Å². The molecular weight excluding hydrogens is 480 g/mol. The number of nitrogens with zero attached hydrogens (tertiary/aromatic N) is 1. The number of rotatable bonds is 7. The number of carbonyl (C=O) groups is 2. The summed E-state index contributed by atoms with van der Waals surface area (Å²) in [6.07, 6.45) is -1.00. The molecule has 1 amide bonds. The van der Waals surface area contributed by atoms with Gasteiger partial charge in [0.2, 0.25) is 0 Å². The number of ether oxygens (including phenoxy) is 2. The van der Waals surface area contributed by atoms with Crippen LogP contribution in [0.1, 0.15) is 51.8 Å². The van der Waals surface area contributed by atoms with Crippen molar-refractivity contribution < 1.29 is 24.2 Å². The number of benzene rings is 3. The Hall–Kier alpha value is -3.58. The van der Waals surface area contributed by atoms with Gasteiger partial charge in [-0.05, 0) is 47.7 Å². The Morgan fingerprint density at radius 2 is 1.61 bits per heavy atom. The van der Waals surface area contributed by atoms with Crippen LogP contribution < -0.4 is 10.1 Å². The minimum Gasteiger partial charge on any atom is -0.496 e. The van der Waals surface area contributed by atoms with E-state index in [0.717, 1.165) is 27.6 Å². The van der Waals surface area contributed by atoms with Crippen molar-refractivity contribution in [2.75, 3.05) is 7.11 Å². The van der Waals surface area contributed by atoms with Crippen molar-refractivity contribution >= 4 is 22.8 Å². The quantitative estimate of drug-likeness (QED) is 0.397. The molecule has 1 aliphatic rings. The number of methoxy groups -OCH3 is 1. The number of likely N-dealkylation sites (tertiary alicyclic amines) is 1. The fourth-order valence-electron chi connectivity index (χ4n) is 5.77. The van der Waals surface area contributed by atoms with Gasteiger partial charge < -0.3 is 19.9 Å². The molecule has 3 aromatic carbocycles. The molecule has 1 fully saturated rings. The Labute approximate surface area is 224 Å². The Bertz CT molecular complexity index is 1280. The van der Waals surface area contributed by atoms with Gasteiger partial charge in [-0.25, -0.2) is 9.59 Å². The van der Waals surface area contributed by atoms with Crippen molar-refractivity contribution in [2.24, 2.45) is 11.3 Å². The average molecular weight is 519 g/mol. The van der Waals surface area contributed by atoms with Crippen molar-refractivity contribution in [1.82, 2.24) is 10.2 Å². The van der Waals surface area contributed by atoms with Crippen LogP contribution in [0.4, 0.5) is 4.79 Å². The van der Waals surface area contributed by atoms with Gasteiger partial charge in [0.1, 0.15) is 11.8 Å². The minimum atomic E-state index is -1.07. The normalized spacial score (nSPS) is 21.6. The number of carbonyl (C=O) groups excluding carboxylic acids is 1. The Morgan fingerprint density at radius 1 is 1.00 bits per heavy atom. The summed E-state index contributed by atoms with van der Waals surface area (Å²) in [5.41, 5.74) is 1.38. The van der Waals surface area contributed by atoms with Crippen LogP contribution in [0, 0.1) is 11.3 Å². The fraction of sp³-hybridized carbons (Fsp3) is 0.419. The molecule has 7 nitrogen and oxygen atoms in total. The summed E-state index contributed by atoms with van der Waals surface area (Å²) in [5.74, 6) is -0.695. The first-order valence-corrected chi connectivity index (χ1v) is 13.1. The molecule has 1 aliphatic heterocycles. The molecule has 0 saturated carbocycles. The van der Waals surface area contributed by atoms with E-state index in [1.165, 1.54) is 4.90 Å². The predicted molar refractivity (Wildman–Crippen MR) is 148 cm³/mol. The molecule has 1 saturated heterocycles. The zero-order valence-corrected chi connectivity index (χ0v) is 23.0. The highest BCUT2D eigenvalue weighted by molar-refractivity contribution is 5.85. The molecule has 3 aromatic rings. The summed E-state index contributed by atoms with van der Waals surface area (Å²) in [6.45, 7) is 10.1. The number of amides is 1. The second-order valence-electron chi connectivity index (χ2n) is 11.3. The summed E-state index contributed by atoms with van der Waals surface area (Å²) in [6, 6.07) is 19.8. The molecule has 0 aliphatic carbocycles. The van der Waals surface area contributed by atoms with Crippen LogP contribution in [0.2, 0.25) is 0 Å². The molecule has 1 heterocycles. The minimum absolute atomic E-state index is 0.366. The van der Waals surface area contributed by atoms with E-state index in [4.69, 9.17) is 9.47 Å². The third-order valence-electron chi connectivity index (χ3n) is 7.28. The topological polar surface area (TPSA) is 88.1 Å². The van der Waals surface area contributed by atoms with Gasteiger partial charge in [0.15, 0.2) is 0 Å². The van der Waals surface area contributed by atoms with Gasteiger partial charge in [-0.3, -0.25) is 4.90 Å². The van der Waals surface area contributed by atoms with Crippen LogP contribution in [-0.4, -0.2) is 47.4 Å². The number of hydrogen-bond acceptors (Lipinski definition) is 5. The van der Waals surface area contributed by atoms with E-state index in [-0.39, 0.29) is 12.1 Å². The van der Waals surface area contributed by atoms with Crippen LogP contribution in [-0.2, 0) is 16.1 Å². The van der Waals surface area contributed by atoms with Crippen LogP contribution >= 0.6 is 0 Å². The summed E-state index contributed by atoms with van der Waals surface area (Å²) >= 11 is 0. The zero-order chi connectivity index (χ0) is 27.6.